The summed E-state index contributed by atoms with van der Waals surface area (Å²) in [5.41, 5.74) is 4.59. The molecule has 176 valence electrons. The van der Waals surface area contributed by atoms with E-state index in [1.807, 2.05) is 31.2 Å². The van der Waals surface area contributed by atoms with Crippen LogP contribution in [0.15, 0.2) is 48.5 Å². The Morgan fingerprint density at radius 3 is 2.15 bits per heavy atom. The third-order valence-corrected chi connectivity index (χ3v) is 5.89. The Morgan fingerprint density at radius 1 is 0.970 bits per heavy atom. The summed E-state index contributed by atoms with van der Waals surface area (Å²) >= 11 is 0. The number of nitrogens with one attached hydrogen (secondary N) is 2. The van der Waals surface area contributed by atoms with Crippen molar-refractivity contribution < 1.29 is 24.2 Å². The minimum Gasteiger partial charge on any atom is -0.481 e. The standard InChI is InChI=1S/C26H32N2O5/c1-3-4-9-18(15-25(30)31)28-24(29)14-17(2)27-26(32)33-16-23-21-12-7-5-10-19(21)20-11-6-8-13-22(20)23/h5-8,10-13,17-18,23H,3-4,9,14-16H2,1-2H3,(H,27,32)(H,28,29)(H,30,31)/t17-,18?/m0/s1. The first-order valence-electron chi connectivity index (χ1n) is 11.5. The van der Waals surface area contributed by atoms with Crippen molar-refractivity contribution in [2.24, 2.45) is 0 Å². The van der Waals surface area contributed by atoms with Gasteiger partial charge in [-0.3, -0.25) is 9.59 Å². The quantitative estimate of drug-likeness (QED) is 0.467. The molecular weight excluding hydrogens is 420 g/mol. The lowest BCUT2D eigenvalue weighted by Gasteiger charge is -2.19. The SMILES string of the molecule is CCCCC(CC(=O)O)NC(=O)C[C@H](C)NC(=O)OCC1c2ccccc2-c2ccccc21. The van der Waals surface area contributed by atoms with Crippen molar-refractivity contribution in [1.82, 2.24) is 10.6 Å². The Bertz CT molecular complexity index is 945. The van der Waals surface area contributed by atoms with Gasteiger partial charge in [0.15, 0.2) is 0 Å². The Kier molecular flexibility index (Phi) is 8.46. The van der Waals surface area contributed by atoms with E-state index in [0.29, 0.717) is 6.42 Å². The van der Waals surface area contributed by atoms with Crippen molar-refractivity contribution in [2.45, 2.75) is 64.0 Å². The topological polar surface area (TPSA) is 105 Å². The first-order valence-corrected chi connectivity index (χ1v) is 11.5. The van der Waals surface area contributed by atoms with Gasteiger partial charge in [-0.05, 0) is 35.6 Å². The summed E-state index contributed by atoms with van der Waals surface area (Å²) in [7, 11) is 0. The molecule has 33 heavy (non-hydrogen) atoms. The van der Waals surface area contributed by atoms with Gasteiger partial charge in [0.05, 0.1) is 6.42 Å². The lowest BCUT2D eigenvalue weighted by Crippen LogP contribution is -2.41. The Labute approximate surface area is 194 Å². The molecule has 0 fully saturated rings. The van der Waals surface area contributed by atoms with Gasteiger partial charge in [-0.15, -0.1) is 0 Å². The average molecular weight is 453 g/mol. The van der Waals surface area contributed by atoms with Crippen LogP contribution in [0, 0.1) is 0 Å². The molecule has 7 nitrogen and oxygen atoms in total. The number of amides is 2. The van der Waals surface area contributed by atoms with E-state index in [0.717, 1.165) is 35.1 Å². The molecule has 0 spiro atoms. The minimum atomic E-state index is -0.943. The number of fused-ring (bicyclic) bond motifs is 3. The molecule has 1 aliphatic rings. The number of unbranched alkanes of at least 4 members (excludes halogenated alkanes) is 1. The average Bonchev–Trinajstić information content (AvgIpc) is 3.09. The number of hydrogen-bond donors (Lipinski definition) is 3. The molecule has 2 aromatic carbocycles. The molecule has 0 saturated carbocycles. The molecule has 0 bridgehead atoms. The van der Waals surface area contributed by atoms with Crippen LogP contribution >= 0.6 is 0 Å². The van der Waals surface area contributed by atoms with Crippen molar-refractivity contribution in [3.05, 3.63) is 59.7 Å². The highest BCUT2D eigenvalue weighted by Crippen LogP contribution is 2.44. The first kappa shape index (κ1) is 24.3. The van der Waals surface area contributed by atoms with Crippen molar-refractivity contribution in [2.75, 3.05) is 6.61 Å². The molecule has 3 rings (SSSR count). The van der Waals surface area contributed by atoms with Crippen molar-refractivity contribution in [3.63, 3.8) is 0 Å². The number of rotatable bonds is 11. The van der Waals surface area contributed by atoms with Crippen LogP contribution in [0.25, 0.3) is 11.1 Å². The van der Waals surface area contributed by atoms with Crippen LogP contribution < -0.4 is 10.6 Å². The van der Waals surface area contributed by atoms with E-state index < -0.39 is 24.1 Å². The lowest BCUT2D eigenvalue weighted by molar-refractivity contribution is -0.137. The largest absolute Gasteiger partial charge is 0.481 e. The van der Waals surface area contributed by atoms with Gasteiger partial charge in [-0.2, -0.15) is 0 Å². The molecule has 2 amide bonds. The maximum absolute atomic E-state index is 12.4. The lowest BCUT2D eigenvalue weighted by atomic mass is 9.98. The van der Waals surface area contributed by atoms with E-state index in [2.05, 4.69) is 34.9 Å². The molecule has 0 saturated heterocycles. The maximum atomic E-state index is 12.4. The zero-order chi connectivity index (χ0) is 23.8. The number of carbonyl (C=O) groups is 3. The van der Waals surface area contributed by atoms with Crippen LogP contribution in [0.1, 0.15) is 63.0 Å². The predicted molar refractivity (Wildman–Crippen MR) is 126 cm³/mol. The highest BCUT2D eigenvalue weighted by atomic mass is 16.5. The van der Waals surface area contributed by atoms with Gasteiger partial charge in [0.1, 0.15) is 6.61 Å². The number of carboxylic acid groups (broad SMARTS) is 1. The van der Waals surface area contributed by atoms with Gasteiger partial charge in [-0.25, -0.2) is 4.79 Å². The second-order valence-electron chi connectivity index (χ2n) is 8.58. The molecule has 3 N–H and O–H groups in total. The molecular formula is C26H32N2O5. The van der Waals surface area contributed by atoms with E-state index >= 15 is 0 Å². The molecule has 0 aromatic heterocycles. The monoisotopic (exact) mass is 452 g/mol. The van der Waals surface area contributed by atoms with E-state index in [9.17, 15) is 14.4 Å². The normalized spacial score (nSPS) is 14.0. The fourth-order valence-electron chi connectivity index (χ4n) is 4.34. The van der Waals surface area contributed by atoms with Gasteiger partial charge >= 0.3 is 12.1 Å². The minimum absolute atomic E-state index is 0.0305. The highest BCUT2D eigenvalue weighted by Gasteiger charge is 2.29. The van der Waals surface area contributed by atoms with E-state index in [-0.39, 0.29) is 31.3 Å². The zero-order valence-corrected chi connectivity index (χ0v) is 19.2. The zero-order valence-electron chi connectivity index (χ0n) is 19.2. The van der Waals surface area contributed by atoms with Crippen molar-refractivity contribution in [3.8, 4) is 11.1 Å². The second-order valence-corrected chi connectivity index (χ2v) is 8.58. The summed E-state index contributed by atoms with van der Waals surface area (Å²) < 4.78 is 5.52. The summed E-state index contributed by atoms with van der Waals surface area (Å²) in [5, 5.41) is 14.5. The Morgan fingerprint density at radius 2 is 1.58 bits per heavy atom. The molecule has 1 unspecified atom stereocenters. The molecule has 0 heterocycles. The summed E-state index contributed by atoms with van der Waals surface area (Å²) in [6.07, 6.45) is 1.73. The van der Waals surface area contributed by atoms with Crippen molar-refractivity contribution in [1.29, 1.82) is 0 Å². The molecule has 7 heteroatoms. The van der Waals surface area contributed by atoms with Gasteiger partial charge in [0.2, 0.25) is 5.91 Å². The smallest absolute Gasteiger partial charge is 0.407 e. The van der Waals surface area contributed by atoms with Crippen LogP contribution in [0.3, 0.4) is 0 Å². The molecule has 1 aliphatic carbocycles. The Balaban J connectivity index is 1.50. The third-order valence-electron chi connectivity index (χ3n) is 5.89. The predicted octanol–water partition coefficient (Wildman–Crippen LogP) is 4.45. The van der Waals surface area contributed by atoms with Gasteiger partial charge in [-0.1, -0.05) is 68.3 Å². The van der Waals surface area contributed by atoms with Crippen LogP contribution in [-0.4, -0.2) is 41.8 Å². The van der Waals surface area contributed by atoms with E-state index in [4.69, 9.17) is 9.84 Å². The van der Waals surface area contributed by atoms with Gasteiger partial charge in [0, 0.05) is 24.4 Å². The number of benzene rings is 2. The van der Waals surface area contributed by atoms with E-state index in [1.165, 1.54) is 0 Å². The number of hydrogen-bond acceptors (Lipinski definition) is 4. The molecule has 0 aliphatic heterocycles. The summed E-state index contributed by atoms with van der Waals surface area (Å²) in [6, 6.07) is 15.4. The van der Waals surface area contributed by atoms with Gasteiger partial charge in [0.25, 0.3) is 0 Å². The number of carboxylic acids is 1. The van der Waals surface area contributed by atoms with Crippen LogP contribution in [-0.2, 0) is 14.3 Å². The highest BCUT2D eigenvalue weighted by molar-refractivity contribution is 5.80. The van der Waals surface area contributed by atoms with E-state index in [1.54, 1.807) is 6.92 Å². The van der Waals surface area contributed by atoms with Crippen LogP contribution in [0.4, 0.5) is 4.79 Å². The first-order chi connectivity index (χ1) is 15.9. The molecule has 0 radical (unpaired) electrons. The second kappa shape index (κ2) is 11.5. The number of aliphatic carboxylic acids is 1. The summed E-state index contributed by atoms with van der Waals surface area (Å²) in [6.45, 7) is 3.94. The third kappa shape index (κ3) is 6.57. The fourth-order valence-corrected chi connectivity index (χ4v) is 4.34. The maximum Gasteiger partial charge on any atom is 0.407 e. The number of ether oxygens (including phenoxy) is 1. The van der Waals surface area contributed by atoms with Crippen LogP contribution in [0.2, 0.25) is 0 Å². The fraction of sp³-hybridized carbons (Fsp3) is 0.423. The summed E-state index contributed by atoms with van der Waals surface area (Å²) in [4.78, 5) is 35.7. The van der Waals surface area contributed by atoms with Gasteiger partial charge < -0.3 is 20.5 Å². The van der Waals surface area contributed by atoms with Crippen molar-refractivity contribution >= 4 is 18.0 Å². The summed E-state index contributed by atoms with van der Waals surface area (Å²) in [5.74, 6) is -1.26. The Hall–Kier alpha value is -3.35. The molecule has 2 atom stereocenters. The number of carbonyl (C=O) groups excluding carboxylic acids is 2. The molecule has 2 aromatic rings. The number of alkyl carbamates (subject to hydrolysis) is 1. The van der Waals surface area contributed by atoms with Crippen LogP contribution in [0.5, 0.6) is 0 Å².